The fourth-order valence-electron chi connectivity index (χ4n) is 1.41. The Morgan fingerprint density at radius 3 is 2.24 bits per heavy atom. The van der Waals surface area contributed by atoms with Crippen LogP contribution in [0.15, 0.2) is 43.5 Å². The predicted octanol–water partition coefficient (Wildman–Crippen LogP) is 2.05. The first-order chi connectivity index (χ1) is 9.97. The molecule has 0 bridgehead atoms. The summed E-state index contributed by atoms with van der Waals surface area (Å²) in [6, 6.07) is 4.24. The molecule has 0 amide bonds. The van der Waals surface area contributed by atoms with E-state index in [0.29, 0.717) is 5.56 Å². The van der Waals surface area contributed by atoms with E-state index in [-0.39, 0.29) is 24.5 Å². The minimum Gasteiger partial charge on any atom is -0.458 e. The zero-order valence-corrected chi connectivity index (χ0v) is 11.1. The minimum absolute atomic E-state index is 0.113. The van der Waals surface area contributed by atoms with Gasteiger partial charge in [-0.1, -0.05) is 19.2 Å². The molecule has 0 aliphatic heterocycles. The SMILES string of the molecule is C=CC(=O)OCc1ccc(COC(=O)C=C)c([N+](=O)[O-])c1. The van der Waals surface area contributed by atoms with E-state index in [1.54, 1.807) is 6.07 Å². The molecule has 1 rings (SSSR count). The van der Waals surface area contributed by atoms with Gasteiger partial charge < -0.3 is 9.47 Å². The largest absolute Gasteiger partial charge is 0.458 e. The van der Waals surface area contributed by atoms with Gasteiger partial charge in [0.2, 0.25) is 0 Å². The van der Waals surface area contributed by atoms with Crippen molar-refractivity contribution in [3.8, 4) is 0 Å². The number of nitro groups is 1. The monoisotopic (exact) mass is 291 g/mol. The van der Waals surface area contributed by atoms with Crippen LogP contribution in [0.25, 0.3) is 0 Å². The van der Waals surface area contributed by atoms with Crippen molar-refractivity contribution in [1.82, 2.24) is 0 Å². The van der Waals surface area contributed by atoms with E-state index in [1.807, 2.05) is 0 Å². The first-order valence-corrected chi connectivity index (χ1v) is 5.82. The van der Waals surface area contributed by atoms with Crippen molar-refractivity contribution in [1.29, 1.82) is 0 Å². The lowest BCUT2D eigenvalue weighted by Crippen LogP contribution is -2.05. The second-order valence-electron chi connectivity index (χ2n) is 3.84. The molecule has 1 aromatic carbocycles. The molecular weight excluding hydrogens is 278 g/mol. The van der Waals surface area contributed by atoms with E-state index in [2.05, 4.69) is 13.2 Å². The molecule has 1 aromatic rings. The van der Waals surface area contributed by atoms with Crippen molar-refractivity contribution in [2.45, 2.75) is 13.2 Å². The lowest BCUT2D eigenvalue weighted by Gasteiger charge is -2.06. The van der Waals surface area contributed by atoms with Gasteiger partial charge in [0.1, 0.15) is 13.2 Å². The Kier molecular flexibility index (Phi) is 5.81. The highest BCUT2D eigenvalue weighted by molar-refractivity contribution is 5.81. The quantitative estimate of drug-likeness (QED) is 0.330. The lowest BCUT2D eigenvalue weighted by atomic mass is 10.1. The Morgan fingerprint density at radius 1 is 1.14 bits per heavy atom. The van der Waals surface area contributed by atoms with Crippen LogP contribution in [0, 0.1) is 10.1 Å². The maximum atomic E-state index is 11.0. The normalized spacial score (nSPS) is 9.52. The lowest BCUT2D eigenvalue weighted by molar-refractivity contribution is -0.385. The van der Waals surface area contributed by atoms with Crippen molar-refractivity contribution >= 4 is 17.6 Å². The summed E-state index contributed by atoms with van der Waals surface area (Å²) >= 11 is 0. The third-order valence-electron chi connectivity index (χ3n) is 2.43. The van der Waals surface area contributed by atoms with Gasteiger partial charge in [0, 0.05) is 18.2 Å². The Hall–Kier alpha value is -2.96. The fourth-order valence-corrected chi connectivity index (χ4v) is 1.41. The van der Waals surface area contributed by atoms with Crippen LogP contribution in [-0.4, -0.2) is 16.9 Å². The van der Waals surface area contributed by atoms with Crippen LogP contribution < -0.4 is 0 Å². The van der Waals surface area contributed by atoms with Crippen molar-refractivity contribution in [2.24, 2.45) is 0 Å². The van der Waals surface area contributed by atoms with Gasteiger partial charge in [0.25, 0.3) is 5.69 Å². The van der Waals surface area contributed by atoms with E-state index >= 15 is 0 Å². The third-order valence-corrected chi connectivity index (χ3v) is 2.43. The van der Waals surface area contributed by atoms with E-state index in [1.165, 1.54) is 12.1 Å². The highest BCUT2D eigenvalue weighted by Gasteiger charge is 2.16. The molecule has 7 nitrogen and oxygen atoms in total. The number of hydrogen-bond donors (Lipinski definition) is 0. The summed E-state index contributed by atoms with van der Waals surface area (Å²) in [5.74, 6) is -1.30. The van der Waals surface area contributed by atoms with Gasteiger partial charge >= 0.3 is 11.9 Å². The van der Waals surface area contributed by atoms with Crippen LogP contribution in [0.3, 0.4) is 0 Å². The Labute approximate surface area is 120 Å². The molecule has 0 atom stereocenters. The second kappa shape index (κ2) is 7.59. The number of rotatable bonds is 7. The minimum atomic E-state index is -0.673. The van der Waals surface area contributed by atoms with Crippen LogP contribution in [0.4, 0.5) is 5.69 Å². The molecule has 0 fully saturated rings. The van der Waals surface area contributed by atoms with Crippen LogP contribution in [0.2, 0.25) is 0 Å². The summed E-state index contributed by atoms with van der Waals surface area (Å²) in [4.78, 5) is 32.3. The molecule has 21 heavy (non-hydrogen) atoms. The molecule has 110 valence electrons. The molecule has 0 aromatic heterocycles. The van der Waals surface area contributed by atoms with E-state index in [9.17, 15) is 19.7 Å². The number of carbonyl (C=O) groups excluding carboxylic acids is 2. The average Bonchev–Trinajstić information content (AvgIpc) is 2.50. The van der Waals surface area contributed by atoms with Gasteiger partial charge in [-0.3, -0.25) is 10.1 Å². The number of benzene rings is 1. The maximum Gasteiger partial charge on any atom is 0.330 e. The standard InChI is InChI=1S/C14H13NO6/c1-3-13(16)20-8-10-5-6-11(9-21-14(17)4-2)12(7-10)15(18)19/h3-7H,1-2,8-9H2. The van der Waals surface area contributed by atoms with Gasteiger partial charge in [-0.25, -0.2) is 9.59 Å². The van der Waals surface area contributed by atoms with Gasteiger partial charge in [0.05, 0.1) is 10.5 Å². The summed E-state index contributed by atoms with van der Waals surface area (Å²) in [7, 11) is 0. The highest BCUT2D eigenvalue weighted by Crippen LogP contribution is 2.22. The van der Waals surface area contributed by atoms with Crippen molar-refractivity contribution in [3.63, 3.8) is 0 Å². The molecule has 0 saturated heterocycles. The summed E-state index contributed by atoms with van der Waals surface area (Å²) in [5.41, 5.74) is 0.448. The smallest absolute Gasteiger partial charge is 0.330 e. The molecule has 0 radical (unpaired) electrons. The Balaban J connectivity index is 2.88. The molecule has 0 aliphatic carbocycles. The van der Waals surface area contributed by atoms with Crippen LogP contribution in [0.5, 0.6) is 0 Å². The average molecular weight is 291 g/mol. The van der Waals surface area contributed by atoms with Crippen molar-refractivity contribution < 1.29 is 24.0 Å². The predicted molar refractivity (Wildman–Crippen MR) is 73.1 cm³/mol. The first-order valence-electron chi connectivity index (χ1n) is 5.82. The third kappa shape index (κ3) is 4.90. The van der Waals surface area contributed by atoms with Gasteiger partial charge in [-0.05, 0) is 11.6 Å². The zero-order chi connectivity index (χ0) is 15.8. The molecule has 0 heterocycles. The van der Waals surface area contributed by atoms with Gasteiger partial charge in [0.15, 0.2) is 0 Å². The molecule has 7 heteroatoms. The van der Waals surface area contributed by atoms with Gasteiger partial charge in [-0.2, -0.15) is 0 Å². The number of carbonyl (C=O) groups is 2. The number of ether oxygens (including phenoxy) is 2. The van der Waals surface area contributed by atoms with Crippen LogP contribution in [0.1, 0.15) is 11.1 Å². The second-order valence-corrected chi connectivity index (χ2v) is 3.84. The number of hydrogen-bond acceptors (Lipinski definition) is 6. The fraction of sp³-hybridized carbons (Fsp3) is 0.143. The highest BCUT2D eigenvalue weighted by atomic mass is 16.6. The van der Waals surface area contributed by atoms with E-state index in [0.717, 1.165) is 12.2 Å². The Morgan fingerprint density at radius 2 is 1.71 bits per heavy atom. The summed E-state index contributed by atoms with van der Waals surface area (Å²) in [5, 5.41) is 11.0. The topological polar surface area (TPSA) is 95.7 Å². The van der Waals surface area contributed by atoms with Crippen LogP contribution >= 0.6 is 0 Å². The first kappa shape index (κ1) is 16.1. The molecular formula is C14H13NO6. The van der Waals surface area contributed by atoms with Crippen LogP contribution in [-0.2, 0) is 32.3 Å². The van der Waals surface area contributed by atoms with Crippen molar-refractivity contribution in [3.05, 3.63) is 64.8 Å². The summed E-state index contributed by atoms with van der Waals surface area (Å²) < 4.78 is 9.55. The molecule has 0 saturated carbocycles. The van der Waals surface area contributed by atoms with Crippen molar-refractivity contribution in [2.75, 3.05) is 0 Å². The number of nitro benzene ring substituents is 1. The summed E-state index contributed by atoms with van der Waals surface area (Å²) in [6.45, 7) is 6.12. The van der Waals surface area contributed by atoms with E-state index in [4.69, 9.17) is 9.47 Å². The molecule has 0 N–H and O–H groups in total. The molecule has 0 unspecified atom stereocenters. The van der Waals surface area contributed by atoms with E-state index < -0.39 is 16.9 Å². The number of nitrogens with zero attached hydrogens (tertiary/aromatic N) is 1. The zero-order valence-electron chi connectivity index (χ0n) is 11.1. The summed E-state index contributed by atoms with van der Waals surface area (Å²) in [6.07, 6.45) is 1.96. The maximum absolute atomic E-state index is 11.0. The molecule has 0 spiro atoms. The molecule has 0 aliphatic rings. The Bertz CT molecular complexity index is 593. The van der Waals surface area contributed by atoms with Gasteiger partial charge in [-0.15, -0.1) is 0 Å². The number of esters is 2.